The standard InChI is InChI=1S/C16H15N3O2/c20-14-10-18-16(21)15(13-4-2-1-3-5-13)19(14)11-12-6-8-17-9-7-12/h1-9,15H,10-11H2,(H,18,21). The molecule has 2 heterocycles. The van der Waals surface area contributed by atoms with Crippen LogP contribution in [-0.2, 0) is 16.1 Å². The highest BCUT2D eigenvalue weighted by Gasteiger charge is 2.35. The molecule has 0 bridgehead atoms. The Bertz CT molecular complexity index is 643. The zero-order valence-electron chi connectivity index (χ0n) is 11.4. The van der Waals surface area contributed by atoms with Crippen LogP contribution in [0.5, 0.6) is 0 Å². The van der Waals surface area contributed by atoms with E-state index in [0.29, 0.717) is 6.54 Å². The van der Waals surface area contributed by atoms with Crippen LogP contribution in [0.3, 0.4) is 0 Å². The van der Waals surface area contributed by atoms with Gasteiger partial charge in [-0.2, -0.15) is 0 Å². The molecule has 1 unspecified atom stereocenters. The normalized spacial score (nSPS) is 18.5. The van der Waals surface area contributed by atoms with Gasteiger partial charge in [0.2, 0.25) is 11.8 Å². The van der Waals surface area contributed by atoms with Gasteiger partial charge < -0.3 is 10.2 Å². The number of pyridine rings is 1. The summed E-state index contributed by atoms with van der Waals surface area (Å²) in [5, 5.41) is 2.65. The predicted molar refractivity (Wildman–Crippen MR) is 77.0 cm³/mol. The van der Waals surface area contributed by atoms with Crippen molar-refractivity contribution in [1.82, 2.24) is 15.2 Å². The Labute approximate surface area is 122 Å². The molecule has 0 radical (unpaired) electrons. The van der Waals surface area contributed by atoms with Crippen LogP contribution < -0.4 is 5.32 Å². The molecule has 21 heavy (non-hydrogen) atoms. The summed E-state index contributed by atoms with van der Waals surface area (Å²) in [5.74, 6) is -0.227. The molecule has 1 N–H and O–H groups in total. The van der Waals surface area contributed by atoms with Gasteiger partial charge in [0.15, 0.2) is 0 Å². The highest BCUT2D eigenvalue weighted by molar-refractivity contribution is 5.95. The number of carbonyl (C=O) groups excluding carboxylic acids is 2. The van der Waals surface area contributed by atoms with Crippen molar-refractivity contribution >= 4 is 11.8 Å². The molecule has 106 valence electrons. The van der Waals surface area contributed by atoms with Crippen LogP contribution in [0.2, 0.25) is 0 Å². The lowest BCUT2D eigenvalue weighted by Gasteiger charge is -2.35. The number of nitrogens with one attached hydrogen (secondary N) is 1. The largest absolute Gasteiger partial charge is 0.345 e. The molecule has 1 aliphatic heterocycles. The van der Waals surface area contributed by atoms with Gasteiger partial charge in [0, 0.05) is 18.9 Å². The average Bonchev–Trinajstić information content (AvgIpc) is 2.53. The van der Waals surface area contributed by atoms with Crippen molar-refractivity contribution in [3.8, 4) is 0 Å². The molecule has 1 saturated heterocycles. The summed E-state index contributed by atoms with van der Waals surface area (Å²) < 4.78 is 0. The summed E-state index contributed by atoms with van der Waals surface area (Å²) in [6.07, 6.45) is 3.36. The lowest BCUT2D eigenvalue weighted by Crippen LogP contribution is -2.53. The average molecular weight is 281 g/mol. The molecule has 0 aliphatic carbocycles. The highest BCUT2D eigenvalue weighted by atomic mass is 16.2. The van der Waals surface area contributed by atoms with Crippen molar-refractivity contribution in [3.05, 3.63) is 66.0 Å². The van der Waals surface area contributed by atoms with E-state index < -0.39 is 6.04 Å². The molecule has 3 rings (SSSR count). The molecule has 5 nitrogen and oxygen atoms in total. The number of hydrogen-bond acceptors (Lipinski definition) is 3. The van der Waals surface area contributed by atoms with Crippen molar-refractivity contribution in [2.24, 2.45) is 0 Å². The first-order chi connectivity index (χ1) is 10.3. The molecule has 1 aliphatic rings. The first-order valence-electron chi connectivity index (χ1n) is 6.77. The number of piperazine rings is 1. The quantitative estimate of drug-likeness (QED) is 0.922. The maximum absolute atomic E-state index is 12.2. The molecule has 1 fully saturated rings. The first-order valence-corrected chi connectivity index (χ1v) is 6.77. The van der Waals surface area contributed by atoms with Crippen molar-refractivity contribution in [2.75, 3.05) is 6.54 Å². The fraction of sp³-hybridized carbons (Fsp3) is 0.188. The Balaban J connectivity index is 1.93. The molecule has 0 spiro atoms. The van der Waals surface area contributed by atoms with Gasteiger partial charge in [-0.1, -0.05) is 30.3 Å². The summed E-state index contributed by atoms with van der Waals surface area (Å²) in [6, 6.07) is 12.5. The molecular formula is C16H15N3O2. The minimum Gasteiger partial charge on any atom is -0.345 e. The van der Waals surface area contributed by atoms with Crippen LogP contribution >= 0.6 is 0 Å². The van der Waals surface area contributed by atoms with Gasteiger partial charge in [-0.25, -0.2) is 0 Å². The summed E-state index contributed by atoms with van der Waals surface area (Å²) in [6.45, 7) is 0.446. The van der Waals surface area contributed by atoms with E-state index in [1.807, 2.05) is 42.5 Å². The number of carbonyl (C=O) groups is 2. The van der Waals surface area contributed by atoms with E-state index in [1.165, 1.54) is 0 Å². The van der Waals surface area contributed by atoms with Crippen LogP contribution in [0.15, 0.2) is 54.9 Å². The molecule has 1 aromatic carbocycles. The number of nitrogens with zero attached hydrogens (tertiary/aromatic N) is 2. The monoisotopic (exact) mass is 281 g/mol. The molecule has 2 amide bonds. The van der Waals surface area contributed by atoms with Gasteiger partial charge in [-0.15, -0.1) is 0 Å². The van der Waals surface area contributed by atoms with Crippen LogP contribution in [0.4, 0.5) is 0 Å². The number of aromatic nitrogens is 1. The Morgan fingerprint density at radius 3 is 2.52 bits per heavy atom. The zero-order chi connectivity index (χ0) is 14.7. The van der Waals surface area contributed by atoms with Gasteiger partial charge in [0.1, 0.15) is 6.04 Å². The first kappa shape index (κ1) is 13.3. The minimum atomic E-state index is -0.583. The zero-order valence-corrected chi connectivity index (χ0v) is 11.4. The van der Waals surface area contributed by atoms with E-state index in [4.69, 9.17) is 0 Å². The molecule has 1 aromatic heterocycles. The van der Waals surface area contributed by atoms with Crippen LogP contribution in [-0.4, -0.2) is 28.2 Å². The Morgan fingerprint density at radius 2 is 1.81 bits per heavy atom. The summed E-state index contributed by atoms with van der Waals surface area (Å²) in [4.78, 5) is 30.0. The maximum atomic E-state index is 12.2. The summed E-state index contributed by atoms with van der Waals surface area (Å²) in [5.41, 5.74) is 1.77. The van der Waals surface area contributed by atoms with Crippen LogP contribution in [0.25, 0.3) is 0 Å². The van der Waals surface area contributed by atoms with Crippen LogP contribution in [0, 0.1) is 0 Å². The third-order valence-electron chi connectivity index (χ3n) is 3.51. The Morgan fingerprint density at radius 1 is 1.10 bits per heavy atom. The third-order valence-corrected chi connectivity index (χ3v) is 3.51. The molecule has 1 atom stereocenters. The Kier molecular flexibility index (Phi) is 3.64. The lowest BCUT2D eigenvalue weighted by molar-refractivity contribution is -0.146. The smallest absolute Gasteiger partial charge is 0.247 e. The molecule has 5 heteroatoms. The van der Waals surface area contributed by atoms with Gasteiger partial charge in [-0.05, 0) is 23.3 Å². The van der Waals surface area contributed by atoms with Crippen molar-refractivity contribution in [2.45, 2.75) is 12.6 Å². The highest BCUT2D eigenvalue weighted by Crippen LogP contribution is 2.25. The molecular weight excluding hydrogens is 266 g/mol. The van der Waals surface area contributed by atoms with Gasteiger partial charge in [0.05, 0.1) is 6.54 Å². The van der Waals surface area contributed by atoms with E-state index in [-0.39, 0.29) is 18.4 Å². The van der Waals surface area contributed by atoms with Crippen molar-refractivity contribution in [1.29, 1.82) is 0 Å². The number of benzene rings is 1. The summed E-state index contributed by atoms with van der Waals surface area (Å²) >= 11 is 0. The minimum absolute atomic E-state index is 0.0489. The third kappa shape index (κ3) is 2.76. The van der Waals surface area contributed by atoms with Gasteiger partial charge >= 0.3 is 0 Å². The van der Waals surface area contributed by atoms with Gasteiger partial charge in [-0.3, -0.25) is 14.6 Å². The fourth-order valence-corrected chi connectivity index (χ4v) is 2.48. The Hall–Kier alpha value is -2.69. The van der Waals surface area contributed by atoms with Crippen LogP contribution in [0.1, 0.15) is 17.2 Å². The van der Waals surface area contributed by atoms with Crippen molar-refractivity contribution in [3.63, 3.8) is 0 Å². The second-order valence-corrected chi connectivity index (χ2v) is 4.91. The van der Waals surface area contributed by atoms with Crippen molar-refractivity contribution < 1.29 is 9.59 Å². The maximum Gasteiger partial charge on any atom is 0.247 e. The van der Waals surface area contributed by atoms with E-state index >= 15 is 0 Å². The number of rotatable bonds is 3. The predicted octanol–water partition coefficient (Wildman–Crippen LogP) is 1.28. The van der Waals surface area contributed by atoms with Gasteiger partial charge in [0.25, 0.3) is 0 Å². The van der Waals surface area contributed by atoms with E-state index in [2.05, 4.69) is 10.3 Å². The van der Waals surface area contributed by atoms with E-state index in [1.54, 1.807) is 17.3 Å². The number of amides is 2. The van der Waals surface area contributed by atoms with E-state index in [0.717, 1.165) is 11.1 Å². The second kappa shape index (κ2) is 5.75. The molecule has 0 saturated carbocycles. The van der Waals surface area contributed by atoms with E-state index in [9.17, 15) is 9.59 Å². The topological polar surface area (TPSA) is 62.3 Å². The number of hydrogen-bond donors (Lipinski definition) is 1. The SMILES string of the molecule is O=C1NCC(=O)N(Cc2ccncc2)C1c1ccccc1. The fourth-order valence-electron chi connectivity index (χ4n) is 2.48. The lowest BCUT2D eigenvalue weighted by atomic mass is 10.0. The molecule has 2 aromatic rings. The second-order valence-electron chi connectivity index (χ2n) is 4.91. The summed E-state index contributed by atoms with van der Waals surface area (Å²) in [7, 11) is 0.